The first-order valence-electron chi connectivity index (χ1n) is 2.12. The van der Waals surface area contributed by atoms with Gasteiger partial charge in [0.2, 0.25) is 0 Å². The molecule has 1 atom stereocenters. The molecule has 0 bridgehead atoms. The van der Waals surface area contributed by atoms with Gasteiger partial charge in [-0.15, -0.1) is 0 Å². The maximum absolute atomic E-state index is 12.0. The minimum Gasteiger partial charge on any atom is -0.342 e. The summed E-state index contributed by atoms with van der Waals surface area (Å²) < 4.78 is 49.5. The Balaban J connectivity index is 4.14. The van der Waals surface area contributed by atoms with Crippen molar-refractivity contribution in [1.82, 2.24) is 0 Å². The van der Waals surface area contributed by atoms with Crippen molar-refractivity contribution in [2.75, 3.05) is 7.11 Å². The van der Waals surface area contributed by atoms with Crippen molar-refractivity contribution in [2.45, 2.75) is 19.0 Å². The number of ether oxygens (including phenoxy) is 1. The third kappa shape index (κ3) is 1.82. The van der Waals surface area contributed by atoms with E-state index in [1.165, 1.54) is 0 Å². The largest absolute Gasteiger partial charge is 0.447 e. The molecule has 0 spiro atoms. The minimum absolute atomic E-state index is 0.312. The molecule has 0 aromatic rings. The van der Waals surface area contributed by atoms with Crippen LogP contribution in [-0.2, 0) is 4.74 Å². The van der Waals surface area contributed by atoms with Crippen molar-refractivity contribution < 1.29 is 22.3 Å². The average Bonchev–Trinajstić information content (AvgIpc) is 1.64. The molecular weight excluding hydrogens is 140 g/mol. The second-order valence-electron chi connectivity index (χ2n) is 1.62. The van der Waals surface area contributed by atoms with Crippen LogP contribution in [0, 0.1) is 0 Å². The van der Waals surface area contributed by atoms with E-state index in [-0.39, 0.29) is 0 Å². The van der Waals surface area contributed by atoms with Crippen LogP contribution < -0.4 is 0 Å². The summed E-state index contributed by atoms with van der Waals surface area (Å²) >= 11 is 0. The Morgan fingerprint density at radius 1 is 1.11 bits per heavy atom. The summed E-state index contributed by atoms with van der Waals surface area (Å²) in [5.74, 6) is -3.52. The smallest absolute Gasteiger partial charge is 0.342 e. The van der Waals surface area contributed by atoms with Crippen molar-refractivity contribution in [2.24, 2.45) is 0 Å². The normalized spacial score (nSPS) is 19.3. The molecule has 0 aliphatic heterocycles. The highest BCUT2D eigenvalue weighted by molar-refractivity contribution is 4.69. The number of halogens is 4. The monoisotopic (exact) mass is 146 g/mol. The molecule has 0 amide bonds. The Labute approximate surface area is 49.6 Å². The molecule has 0 aromatic heterocycles. The number of rotatable bonds is 1. The zero-order valence-electron chi connectivity index (χ0n) is 4.92. The van der Waals surface area contributed by atoms with Gasteiger partial charge in [-0.2, -0.15) is 13.2 Å². The summed E-state index contributed by atoms with van der Waals surface area (Å²) in [7, 11) is 0.660. The summed E-state index contributed by atoms with van der Waals surface area (Å²) in [6.07, 6.45) is -4.94. The molecule has 5 heteroatoms. The lowest BCUT2D eigenvalue weighted by Crippen LogP contribution is -2.39. The fourth-order valence-corrected chi connectivity index (χ4v) is 0.116. The fraction of sp³-hybridized carbons (Fsp3) is 1.00. The summed E-state index contributed by atoms with van der Waals surface area (Å²) in [5.41, 5.74) is 0. The second-order valence-corrected chi connectivity index (χ2v) is 1.62. The molecule has 0 saturated heterocycles. The van der Waals surface area contributed by atoms with Gasteiger partial charge in [-0.25, -0.2) is 4.39 Å². The van der Waals surface area contributed by atoms with E-state index < -0.39 is 12.0 Å². The van der Waals surface area contributed by atoms with Crippen LogP contribution in [0.1, 0.15) is 6.92 Å². The SMILES string of the molecule is COC(C)(F)C(F)(F)F. The molecule has 0 radical (unpaired) electrons. The number of methoxy groups -OCH3 is 1. The van der Waals surface area contributed by atoms with E-state index >= 15 is 0 Å². The van der Waals surface area contributed by atoms with E-state index in [1.807, 2.05) is 0 Å². The summed E-state index contributed by atoms with van der Waals surface area (Å²) in [6.45, 7) is 0.312. The molecule has 0 aliphatic carbocycles. The zero-order chi connectivity index (χ0) is 7.71. The van der Waals surface area contributed by atoms with Gasteiger partial charge in [0, 0.05) is 14.0 Å². The molecule has 0 heterocycles. The van der Waals surface area contributed by atoms with Gasteiger partial charge >= 0.3 is 12.0 Å². The van der Waals surface area contributed by atoms with Crippen LogP contribution in [0.2, 0.25) is 0 Å². The predicted octanol–water partition coefficient (Wildman–Crippen LogP) is 1.88. The topological polar surface area (TPSA) is 9.23 Å². The van der Waals surface area contributed by atoms with Gasteiger partial charge < -0.3 is 4.74 Å². The van der Waals surface area contributed by atoms with Crippen molar-refractivity contribution in [1.29, 1.82) is 0 Å². The first kappa shape index (κ1) is 8.68. The quantitative estimate of drug-likeness (QED) is 0.513. The molecular formula is C4H6F4O. The lowest BCUT2D eigenvalue weighted by Gasteiger charge is -2.20. The summed E-state index contributed by atoms with van der Waals surface area (Å²) in [5, 5.41) is 0. The van der Waals surface area contributed by atoms with Crippen LogP contribution in [0.25, 0.3) is 0 Å². The summed E-state index contributed by atoms with van der Waals surface area (Å²) in [4.78, 5) is 0. The fourth-order valence-electron chi connectivity index (χ4n) is 0.116. The highest BCUT2D eigenvalue weighted by Crippen LogP contribution is 2.33. The van der Waals surface area contributed by atoms with Crippen molar-refractivity contribution in [3.8, 4) is 0 Å². The Morgan fingerprint density at radius 2 is 1.44 bits per heavy atom. The third-order valence-corrected chi connectivity index (χ3v) is 0.890. The van der Waals surface area contributed by atoms with Crippen LogP contribution in [-0.4, -0.2) is 19.1 Å². The Bertz CT molecular complexity index is 95.2. The predicted molar refractivity (Wildman–Crippen MR) is 22.6 cm³/mol. The molecule has 1 nitrogen and oxygen atoms in total. The molecule has 0 rings (SSSR count). The van der Waals surface area contributed by atoms with Gasteiger partial charge in [0.1, 0.15) is 0 Å². The van der Waals surface area contributed by atoms with Gasteiger partial charge in [0.05, 0.1) is 0 Å². The van der Waals surface area contributed by atoms with Gasteiger partial charge in [-0.3, -0.25) is 0 Å². The number of alkyl halides is 4. The first-order chi connectivity index (χ1) is 3.81. The lowest BCUT2D eigenvalue weighted by atomic mass is 10.3. The second kappa shape index (κ2) is 2.13. The van der Waals surface area contributed by atoms with E-state index in [1.54, 1.807) is 0 Å². The van der Waals surface area contributed by atoms with Crippen molar-refractivity contribution >= 4 is 0 Å². The molecule has 0 fully saturated rings. The molecule has 9 heavy (non-hydrogen) atoms. The van der Waals surface area contributed by atoms with Crippen LogP contribution in [0.4, 0.5) is 17.6 Å². The highest BCUT2D eigenvalue weighted by atomic mass is 19.4. The summed E-state index contributed by atoms with van der Waals surface area (Å²) in [6, 6.07) is 0. The van der Waals surface area contributed by atoms with Crippen LogP contribution in [0.15, 0.2) is 0 Å². The van der Waals surface area contributed by atoms with Gasteiger partial charge in [0.15, 0.2) is 0 Å². The Hall–Kier alpha value is -0.320. The van der Waals surface area contributed by atoms with Crippen LogP contribution in [0.3, 0.4) is 0 Å². The van der Waals surface area contributed by atoms with E-state index in [0.717, 1.165) is 0 Å². The molecule has 0 aromatic carbocycles. The minimum atomic E-state index is -4.94. The maximum atomic E-state index is 12.0. The van der Waals surface area contributed by atoms with Gasteiger partial charge in [0.25, 0.3) is 0 Å². The van der Waals surface area contributed by atoms with E-state index in [4.69, 9.17) is 0 Å². The standard InChI is InChI=1S/C4H6F4O/c1-3(5,9-2)4(6,7)8/h1-2H3. The number of hydrogen-bond donors (Lipinski definition) is 0. The zero-order valence-corrected chi connectivity index (χ0v) is 4.92. The maximum Gasteiger partial charge on any atom is 0.447 e. The average molecular weight is 146 g/mol. The Morgan fingerprint density at radius 3 is 1.44 bits per heavy atom. The molecule has 1 unspecified atom stereocenters. The van der Waals surface area contributed by atoms with Crippen molar-refractivity contribution in [3.63, 3.8) is 0 Å². The van der Waals surface area contributed by atoms with Gasteiger partial charge in [-0.05, 0) is 0 Å². The van der Waals surface area contributed by atoms with Crippen LogP contribution >= 0.6 is 0 Å². The highest BCUT2D eigenvalue weighted by Gasteiger charge is 2.52. The van der Waals surface area contributed by atoms with Gasteiger partial charge in [-0.1, -0.05) is 0 Å². The van der Waals surface area contributed by atoms with E-state index in [0.29, 0.717) is 14.0 Å². The van der Waals surface area contributed by atoms with Crippen molar-refractivity contribution in [3.05, 3.63) is 0 Å². The Kier molecular flexibility index (Phi) is 2.06. The van der Waals surface area contributed by atoms with Crippen LogP contribution in [0.5, 0.6) is 0 Å². The molecule has 56 valence electrons. The molecule has 0 saturated carbocycles. The van der Waals surface area contributed by atoms with E-state index in [2.05, 4.69) is 4.74 Å². The lowest BCUT2D eigenvalue weighted by molar-refractivity contribution is -0.316. The molecule has 0 N–H and O–H groups in total. The first-order valence-corrected chi connectivity index (χ1v) is 2.12. The molecule has 0 aliphatic rings. The number of hydrogen-bond acceptors (Lipinski definition) is 1. The van der Waals surface area contributed by atoms with E-state index in [9.17, 15) is 17.6 Å². The third-order valence-electron chi connectivity index (χ3n) is 0.890.